The molecule has 12 heavy (non-hydrogen) atoms. The summed E-state index contributed by atoms with van der Waals surface area (Å²) in [5, 5.41) is 3.20. The van der Waals surface area contributed by atoms with Crippen molar-refractivity contribution in [3.8, 4) is 0 Å². The lowest BCUT2D eigenvalue weighted by Crippen LogP contribution is -2.56. The van der Waals surface area contributed by atoms with Gasteiger partial charge in [0.15, 0.2) is 0 Å². The SMILES string of the molecule is Cl.O=S1(=O)CCC2(CC1)CNC2. The maximum Gasteiger partial charge on any atom is 0.150 e. The predicted octanol–water partition coefficient (Wildman–Crippen LogP) is 0.206. The summed E-state index contributed by atoms with van der Waals surface area (Å²) < 4.78 is 22.1. The van der Waals surface area contributed by atoms with Crippen molar-refractivity contribution >= 4 is 22.2 Å². The molecule has 3 nitrogen and oxygen atoms in total. The van der Waals surface area contributed by atoms with E-state index in [2.05, 4.69) is 5.32 Å². The third-order valence-corrected chi connectivity index (χ3v) is 4.54. The molecule has 2 fully saturated rings. The summed E-state index contributed by atoms with van der Waals surface area (Å²) in [5.41, 5.74) is 0.366. The number of halogens is 1. The van der Waals surface area contributed by atoms with E-state index in [1.54, 1.807) is 0 Å². The number of hydrogen-bond acceptors (Lipinski definition) is 3. The van der Waals surface area contributed by atoms with Crippen LogP contribution in [-0.4, -0.2) is 33.0 Å². The number of hydrogen-bond donors (Lipinski definition) is 1. The summed E-state index contributed by atoms with van der Waals surface area (Å²) in [6.07, 6.45) is 1.75. The monoisotopic (exact) mass is 211 g/mol. The molecule has 2 heterocycles. The summed E-state index contributed by atoms with van der Waals surface area (Å²) in [6.45, 7) is 2.06. The van der Waals surface area contributed by atoms with Gasteiger partial charge in [-0.3, -0.25) is 0 Å². The van der Waals surface area contributed by atoms with Gasteiger partial charge in [0, 0.05) is 13.1 Å². The summed E-state index contributed by atoms with van der Waals surface area (Å²) in [7, 11) is -2.66. The Kier molecular flexibility index (Phi) is 2.71. The zero-order chi connectivity index (χ0) is 7.95. The molecule has 0 aliphatic carbocycles. The molecular weight excluding hydrogens is 198 g/mol. The minimum absolute atomic E-state index is 0. The molecule has 2 rings (SSSR count). The van der Waals surface area contributed by atoms with E-state index in [1.807, 2.05) is 0 Å². The Morgan fingerprint density at radius 3 is 1.92 bits per heavy atom. The van der Waals surface area contributed by atoms with E-state index in [0.717, 1.165) is 25.9 Å². The van der Waals surface area contributed by atoms with Crippen molar-refractivity contribution in [2.45, 2.75) is 12.8 Å². The summed E-state index contributed by atoms with van der Waals surface area (Å²) in [6, 6.07) is 0. The van der Waals surface area contributed by atoms with Crippen LogP contribution >= 0.6 is 12.4 Å². The molecule has 2 aliphatic rings. The van der Waals surface area contributed by atoms with Gasteiger partial charge in [0.1, 0.15) is 9.84 Å². The van der Waals surface area contributed by atoms with Crippen LogP contribution in [0.2, 0.25) is 0 Å². The Bertz CT molecular complexity index is 243. The number of rotatable bonds is 0. The van der Waals surface area contributed by atoms with E-state index in [-0.39, 0.29) is 12.4 Å². The van der Waals surface area contributed by atoms with Crippen LogP contribution in [0.3, 0.4) is 0 Å². The molecule has 0 amide bonds. The highest BCUT2D eigenvalue weighted by Gasteiger charge is 2.41. The van der Waals surface area contributed by atoms with Crippen molar-refractivity contribution in [2.75, 3.05) is 24.6 Å². The van der Waals surface area contributed by atoms with Crippen molar-refractivity contribution in [1.82, 2.24) is 5.32 Å². The van der Waals surface area contributed by atoms with Crippen molar-refractivity contribution in [3.05, 3.63) is 0 Å². The normalized spacial score (nSPS) is 30.3. The molecule has 0 aromatic heterocycles. The Balaban J connectivity index is 0.000000720. The fourth-order valence-corrected chi connectivity index (χ4v) is 3.50. The molecule has 0 bridgehead atoms. The topological polar surface area (TPSA) is 46.2 Å². The van der Waals surface area contributed by atoms with Gasteiger partial charge in [0.05, 0.1) is 11.5 Å². The van der Waals surface area contributed by atoms with Crippen LogP contribution in [0, 0.1) is 5.41 Å². The van der Waals surface area contributed by atoms with Gasteiger partial charge in [-0.25, -0.2) is 8.42 Å². The largest absolute Gasteiger partial charge is 0.316 e. The molecule has 0 aromatic rings. The predicted molar refractivity (Wildman–Crippen MR) is 50.4 cm³/mol. The van der Waals surface area contributed by atoms with E-state index in [9.17, 15) is 8.42 Å². The Labute approximate surface area is 79.2 Å². The van der Waals surface area contributed by atoms with Crippen LogP contribution in [0.1, 0.15) is 12.8 Å². The van der Waals surface area contributed by atoms with Crippen molar-refractivity contribution < 1.29 is 8.42 Å². The lowest BCUT2D eigenvalue weighted by Gasteiger charge is -2.45. The molecule has 2 aliphatic heterocycles. The zero-order valence-corrected chi connectivity index (χ0v) is 8.51. The van der Waals surface area contributed by atoms with E-state index >= 15 is 0 Å². The average Bonchev–Trinajstić information content (AvgIpc) is 1.84. The first-order valence-electron chi connectivity index (χ1n) is 4.03. The van der Waals surface area contributed by atoms with Crippen LogP contribution in [0.5, 0.6) is 0 Å². The van der Waals surface area contributed by atoms with Crippen molar-refractivity contribution in [2.24, 2.45) is 5.41 Å². The summed E-state index contributed by atoms with van der Waals surface area (Å²) in [4.78, 5) is 0. The molecule has 1 N–H and O–H groups in total. The third kappa shape index (κ3) is 1.75. The smallest absolute Gasteiger partial charge is 0.150 e. The minimum atomic E-state index is -2.66. The molecule has 0 unspecified atom stereocenters. The quantitative estimate of drug-likeness (QED) is 0.623. The first-order chi connectivity index (χ1) is 5.12. The van der Waals surface area contributed by atoms with Crippen LogP contribution in [-0.2, 0) is 9.84 Å². The van der Waals surface area contributed by atoms with E-state index in [1.165, 1.54) is 0 Å². The Hall–Kier alpha value is 0.200. The molecule has 72 valence electrons. The first kappa shape index (κ1) is 10.3. The average molecular weight is 212 g/mol. The van der Waals surface area contributed by atoms with Crippen LogP contribution in [0.15, 0.2) is 0 Å². The fraction of sp³-hybridized carbons (Fsp3) is 1.00. The van der Waals surface area contributed by atoms with Gasteiger partial charge in [0.25, 0.3) is 0 Å². The zero-order valence-electron chi connectivity index (χ0n) is 6.88. The second-order valence-corrected chi connectivity index (χ2v) is 6.06. The second-order valence-electron chi connectivity index (χ2n) is 3.76. The maximum atomic E-state index is 11.1. The van der Waals surface area contributed by atoms with Gasteiger partial charge in [-0.05, 0) is 18.3 Å². The molecule has 2 saturated heterocycles. The highest BCUT2D eigenvalue weighted by molar-refractivity contribution is 7.91. The molecule has 0 saturated carbocycles. The Morgan fingerprint density at radius 1 is 1.08 bits per heavy atom. The second kappa shape index (κ2) is 3.16. The van der Waals surface area contributed by atoms with Gasteiger partial charge in [-0.15, -0.1) is 12.4 Å². The van der Waals surface area contributed by atoms with Crippen LogP contribution < -0.4 is 5.32 Å². The number of sulfone groups is 1. The molecule has 0 radical (unpaired) electrons. The summed E-state index contributed by atoms with van der Waals surface area (Å²) in [5.74, 6) is 0.823. The standard InChI is InChI=1S/C7H13NO2S.ClH/c9-11(10)3-1-7(2-4-11)5-8-6-7;/h8H,1-6H2;1H. The molecule has 0 aromatic carbocycles. The number of nitrogens with one attached hydrogen (secondary N) is 1. The Morgan fingerprint density at radius 2 is 1.58 bits per heavy atom. The fourth-order valence-electron chi connectivity index (χ4n) is 1.80. The van der Waals surface area contributed by atoms with Gasteiger partial charge in [-0.1, -0.05) is 0 Å². The van der Waals surface area contributed by atoms with Crippen molar-refractivity contribution in [3.63, 3.8) is 0 Å². The van der Waals surface area contributed by atoms with E-state index < -0.39 is 9.84 Å². The highest BCUT2D eigenvalue weighted by atomic mass is 35.5. The van der Waals surface area contributed by atoms with Crippen LogP contribution in [0.25, 0.3) is 0 Å². The van der Waals surface area contributed by atoms with E-state index in [0.29, 0.717) is 16.9 Å². The molecule has 0 atom stereocenters. The molecular formula is C7H14ClNO2S. The maximum absolute atomic E-state index is 11.1. The van der Waals surface area contributed by atoms with Gasteiger partial charge in [-0.2, -0.15) is 0 Å². The minimum Gasteiger partial charge on any atom is -0.316 e. The third-order valence-electron chi connectivity index (χ3n) is 2.89. The van der Waals surface area contributed by atoms with Gasteiger partial charge in [0.2, 0.25) is 0 Å². The van der Waals surface area contributed by atoms with Crippen LogP contribution in [0.4, 0.5) is 0 Å². The molecule has 5 heteroatoms. The first-order valence-corrected chi connectivity index (χ1v) is 5.85. The molecule has 1 spiro atoms. The van der Waals surface area contributed by atoms with E-state index in [4.69, 9.17) is 0 Å². The van der Waals surface area contributed by atoms with Crippen molar-refractivity contribution in [1.29, 1.82) is 0 Å². The highest BCUT2D eigenvalue weighted by Crippen LogP contribution is 2.35. The van der Waals surface area contributed by atoms with Gasteiger partial charge < -0.3 is 5.32 Å². The lowest BCUT2D eigenvalue weighted by molar-refractivity contribution is 0.150. The van der Waals surface area contributed by atoms with Gasteiger partial charge >= 0.3 is 0 Å². The lowest BCUT2D eigenvalue weighted by atomic mass is 9.77. The summed E-state index contributed by atoms with van der Waals surface area (Å²) >= 11 is 0.